The highest BCUT2D eigenvalue weighted by atomic mass is 19.4. The standard InChI is InChI=1S/C7H10F3N2O/c1-5-3-6(7(8,9)10)4-12(13)11(5)2/h6H,1,3-4H2,2H3/q+1. The molecule has 1 aliphatic rings. The molecule has 1 saturated heterocycles. The van der Waals surface area contributed by atoms with E-state index >= 15 is 0 Å². The fourth-order valence-corrected chi connectivity index (χ4v) is 1.17. The van der Waals surface area contributed by atoms with E-state index in [4.69, 9.17) is 0 Å². The van der Waals surface area contributed by atoms with Crippen LogP contribution in [0.4, 0.5) is 13.2 Å². The number of nitrogens with zero attached hydrogens (tertiary/aromatic N) is 2. The number of hydrogen-bond donors (Lipinski definition) is 0. The number of hydrazine groups is 1. The number of allylic oxidation sites excluding steroid dienone is 1. The van der Waals surface area contributed by atoms with Crippen LogP contribution in [0.25, 0.3) is 0 Å². The summed E-state index contributed by atoms with van der Waals surface area (Å²) >= 11 is 0. The van der Waals surface area contributed by atoms with Crippen molar-refractivity contribution in [3.63, 3.8) is 0 Å². The summed E-state index contributed by atoms with van der Waals surface area (Å²) < 4.78 is 36.6. The molecule has 0 aromatic carbocycles. The van der Waals surface area contributed by atoms with Crippen molar-refractivity contribution in [3.05, 3.63) is 17.2 Å². The molecule has 0 aromatic rings. The third-order valence-electron chi connectivity index (χ3n) is 2.11. The molecule has 0 aromatic heterocycles. The molecule has 0 bridgehead atoms. The Morgan fingerprint density at radius 3 is 2.54 bits per heavy atom. The van der Waals surface area contributed by atoms with Gasteiger partial charge in [-0.25, -0.2) is 0 Å². The first-order valence-electron chi connectivity index (χ1n) is 3.75. The Morgan fingerprint density at radius 1 is 1.62 bits per heavy atom. The van der Waals surface area contributed by atoms with Gasteiger partial charge >= 0.3 is 6.18 Å². The van der Waals surface area contributed by atoms with E-state index in [2.05, 4.69) is 6.58 Å². The van der Waals surface area contributed by atoms with Crippen LogP contribution in [0.5, 0.6) is 0 Å². The summed E-state index contributed by atoms with van der Waals surface area (Å²) in [5.41, 5.74) is 0.198. The van der Waals surface area contributed by atoms with Crippen LogP contribution in [-0.4, -0.2) is 29.6 Å². The van der Waals surface area contributed by atoms with Gasteiger partial charge < -0.3 is 0 Å². The number of halogens is 3. The average molecular weight is 195 g/mol. The molecule has 0 radical (unpaired) electrons. The third kappa shape index (κ3) is 1.99. The van der Waals surface area contributed by atoms with Crippen LogP contribution < -0.4 is 0 Å². The maximum atomic E-state index is 12.2. The first-order valence-corrected chi connectivity index (χ1v) is 3.75. The summed E-state index contributed by atoms with van der Waals surface area (Å²) in [7, 11) is 1.40. The maximum Gasteiger partial charge on any atom is 0.398 e. The Balaban J connectivity index is 2.75. The van der Waals surface area contributed by atoms with Crippen LogP contribution in [0.2, 0.25) is 0 Å². The second kappa shape index (κ2) is 3.01. The van der Waals surface area contributed by atoms with Crippen LogP contribution in [0.1, 0.15) is 6.42 Å². The van der Waals surface area contributed by atoms with Gasteiger partial charge in [0.15, 0.2) is 0 Å². The zero-order valence-corrected chi connectivity index (χ0v) is 7.14. The molecule has 1 heterocycles. The average Bonchev–Trinajstić information content (AvgIpc) is 1.97. The summed E-state index contributed by atoms with van der Waals surface area (Å²) in [6.45, 7) is 2.85. The number of nitroso groups, excluding NO2 is 1. The minimum absolute atomic E-state index is 0.196. The molecule has 13 heavy (non-hydrogen) atoms. The Hall–Kier alpha value is -1.07. The lowest BCUT2D eigenvalue weighted by atomic mass is 10.0. The normalized spacial score (nSPS) is 25.2. The second-order valence-corrected chi connectivity index (χ2v) is 3.07. The van der Waals surface area contributed by atoms with E-state index < -0.39 is 18.6 Å². The molecule has 6 heteroatoms. The topological polar surface area (TPSA) is 23.3 Å². The molecule has 1 rings (SSSR count). The van der Waals surface area contributed by atoms with E-state index in [-0.39, 0.29) is 17.0 Å². The molecule has 0 saturated carbocycles. The molecule has 0 spiro atoms. The van der Waals surface area contributed by atoms with Crippen LogP contribution >= 0.6 is 0 Å². The summed E-state index contributed by atoms with van der Waals surface area (Å²) in [4.78, 5) is 11.2. The van der Waals surface area contributed by atoms with E-state index in [1.54, 1.807) is 0 Å². The maximum absolute atomic E-state index is 12.2. The van der Waals surface area contributed by atoms with E-state index in [1.165, 1.54) is 7.05 Å². The van der Waals surface area contributed by atoms with Crippen molar-refractivity contribution in [1.29, 1.82) is 0 Å². The fourth-order valence-electron chi connectivity index (χ4n) is 1.17. The second-order valence-electron chi connectivity index (χ2n) is 3.07. The summed E-state index contributed by atoms with van der Waals surface area (Å²) in [6.07, 6.45) is -4.51. The van der Waals surface area contributed by atoms with Crippen LogP contribution in [0.3, 0.4) is 0 Å². The Kier molecular flexibility index (Phi) is 2.32. The summed E-state index contributed by atoms with van der Waals surface area (Å²) in [6, 6.07) is 0. The van der Waals surface area contributed by atoms with Crippen LogP contribution in [0.15, 0.2) is 12.3 Å². The van der Waals surface area contributed by atoms with E-state index in [0.717, 1.165) is 5.01 Å². The van der Waals surface area contributed by atoms with Gasteiger partial charge in [-0.3, -0.25) is 0 Å². The monoisotopic (exact) mass is 195 g/mol. The lowest BCUT2D eigenvalue weighted by molar-refractivity contribution is -0.708. The molecule has 1 aliphatic heterocycles. The highest BCUT2D eigenvalue weighted by Gasteiger charge is 2.48. The molecule has 1 atom stereocenters. The smallest absolute Gasteiger partial charge is 0.171 e. The van der Waals surface area contributed by atoms with Crippen molar-refractivity contribution in [1.82, 2.24) is 5.01 Å². The van der Waals surface area contributed by atoms with E-state index in [9.17, 15) is 18.1 Å². The molecule has 3 nitrogen and oxygen atoms in total. The number of hydrogen-bond acceptors (Lipinski definition) is 1. The van der Waals surface area contributed by atoms with Crippen molar-refractivity contribution in [2.24, 2.45) is 5.92 Å². The van der Waals surface area contributed by atoms with Gasteiger partial charge in [-0.1, -0.05) is 6.58 Å². The van der Waals surface area contributed by atoms with E-state index in [0.29, 0.717) is 0 Å². The minimum atomic E-state index is -4.31. The molecule has 1 unspecified atom stereocenters. The van der Waals surface area contributed by atoms with Crippen molar-refractivity contribution in [2.75, 3.05) is 13.6 Å². The lowest BCUT2D eigenvalue weighted by Gasteiger charge is -2.24. The summed E-state index contributed by atoms with van der Waals surface area (Å²) in [5, 5.41) is 1.10. The molecular formula is C7H10F3N2O+. The van der Waals surface area contributed by atoms with Gasteiger partial charge in [0.1, 0.15) is 10.8 Å². The van der Waals surface area contributed by atoms with Gasteiger partial charge in [-0.2, -0.15) is 13.2 Å². The largest absolute Gasteiger partial charge is 0.398 e. The molecule has 0 aliphatic carbocycles. The predicted octanol–water partition coefficient (Wildman–Crippen LogP) is 1.71. The highest BCUT2D eigenvalue weighted by molar-refractivity contribution is 4.94. The first-order chi connectivity index (χ1) is 5.82. The van der Waals surface area contributed by atoms with Gasteiger partial charge in [0.2, 0.25) is 6.54 Å². The Morgan fingerprint density at radius 2 is 2.15 bits per heavy atom. The van der Waals surface area contributed by atoms with Crippen LogP contribution in [0, 0.1) is 10.8 Å². The Bertz CT molecular complexity index is 231. The molecule has 0 N–H and O–H groups in total. The number of rotatable bonds is 0. The molecule has 1 fully saturated rings. The summed E-state index contributed by atoms with van der Waals surface area (Å²) in [5.74, 6) is -1.59. The van der Waals surface area contributed by atoms with Crippen molar-refractivity contribution in [2.45, 2.75) is 12.6 Å². The zero-order valence-electron chi connectivity index (χ0n) is 7.14. The fraction of sp³-hybridized carbons (Fsp3) is 0.714. The van der Waals surface area contributed by atoms with Crippen LogP contribution in [-0.2, 0) is 0 Å². The number of alkyl halides is 3. The Labute approximate surface area is 73.4 Å². The third-order valence-corrected chi connectivity index (χ3v) is 2.11. The highest BCUT2D eigenvalue weighted by Crippen LogP contribution is 2.34. The van der Waals surface area contributed by atoms with Crippen molar-refractivity contribution in [3.8, 4) is 0 Å². The van der Waals surface area contributed by atoms with Gasteiger partial charge in [0.25, 0.3) is 0 Å². The van der Waals surface area contributed by atoms with Gasteiger partial charge in [-0.05, 0) is 0 Å². The molecule has 0 amide bonds. The van der Waals surface area contributed by atoms with Crippen molar-refractivity contribution < 1.29 is 18.0 Å². The quantitative estimate of drug-likeness (QED) is 0.549. The lowest BCUT2D eigenvalue weighted by Crippen LogP contribution is -2.43. The minimum Gasteiger partial charge on any atom is -0.171 e. The predicted molar refractivity (Wildman–Crippen MR) is 39.6 cm³/mol. The van der Waals surface area contributed by atoms with Gasteiger partial charge in [0, 0.05) is 6.42 Å². The first kappa shape index (κ1) is 10.0. The SMILES string of the molecule is C=C1CC(C(F)(F)F)C[N+](=O)N1C. The zero-order chi connectivity index (χ0) is 10.2. The van der Waals surface area contributed by atoms with Gasteiger partial charge in [-0.15, -0.1) is 5.01 Å². The molecular weight excluding hydrogens is 185 g/mol. The molecule has 74 valence electrons. The van der Waals surface area contributed by atoms with Crippen molar-refractivity contribution >= 4 is 0 Å². The van der Waals surface area contributed by atoms with Gasteiger partial charge in [0.05, 0.1) is 17.7 Å². The van der Waals surface area contributed by atoms with E-state index in [1.807, 2.05) is 0 Å².